The first-order valence-electron chi connectivity index (χ1n) is 8.53. The van der Waals surface area contributed by atoms with Gasteiger partial charge in [-0.1, -0.05) is 19.0 Å². The first-order valence-corrected chi connectivity index (χ1v) is 8.53. The Bertz CT molecular complexity index is 792. The van der Waals surface area contributed by atoms with E-state index in [1.54, 1.807) is 6.92 Å². The lowest BCUT2D eigenvalue weighted by Gasteiger charge is -2.17. The van der Waals surface area contributed by atoms with Crippen molar-refractivity contribution in [2.45, 2.75) is 46.0 Å². The van der Waals surface area contributed by atoms with Crippen molar-refractivity contribution < 1.29 is 9.32 Å². The number of aryl methyl sites for hydroxylation is 2. The average Bonchev–Trinajstić information content (AvgIpc) is 3.18. The summed E-state index contributed by atoms with van der Waals surface area (Å²) in [5, 5.41) is 3.90. The second kappa shape index (κ2) is 5.40. The van der Waals surface area contributed by atoms with Crippen LogP contribution in [0.15, 0.2) is 10.7 Å². The maximum Gasteiger partial charge on any atom is 0.259 e. The van der Waals surface area contributed by atoms with E-state index in [0.29, 0.717) is 34.8 Å². The Labute approximate surface area is 141 Å². The molecule has 1 amide bonds. The Morgan fingerprint density at radius 1 is 1.33 bits per heavy atom. The zero-order chi connectivity index (χ0) is 17.0. The quantitative estimate of drug-likeness (QED) is 0.848. The third-order valence-electron chi connectivity index (χ3n) is 5.27. The number of fused-ring (bicyclic) bond motifs is 3. The van der Waals surface area contributed by atoms with E-state index in [1.165, 1.54) is 11.3 Å². The first kappa shape index (κ1) is 15.3. The van der Waals surface area contributed by atoms with E-state index in [-0.39, 0.29) is 5.91 Å². The van der Waals surface area contributed by atoms with Crippen molar-refractivity contribution in [3.63, 3.8) is 0 Å². The van der Waals surface area contributed by atoms with Gasteiger partial charge in [0, 0.05) is 36.8 Å². The maximum absolute atomic E-state index is 12.8. The SMILES string of the molecule is Cc1noc(C)c1C(=O)N1C[C@@H]2Cc3nc(C(C)C)ncc3[C@H]2C1. The van der Waals surface area contributed by atoms with Crippen LogP contribution < -0.4 is 0 Å². The minimum Gasteiger partial charge on any atom is -0.361 e. The zero-order valence-corrected chi connectivity index (χ0v) is 14.5. The van der Waals surface area contributed by atoms with E-state index in [1.807, 2.05) is 18.0 Å². The fourth-order valence-electron chi connectivity index (χ4n) is 3.98. The molecule has 0 saturated carbocycles. The highest BCUT2D eigenvalue weighted by Gasteiger charge is 2.43. The summed E-state index contributed by atoms with van der Waals surface area (Å²) in [6.45, 7) is 9.33. The van der Waals surface area contributed by atoms with Crippen molar-refractivity contribution in [3.8, 4) is 0 Å². The topological polar surface area (TPSA) is 72.1 Å². The average molecular weight is 326 g/mol. The number of aromatic nitrogens is 3. The Hall–Kier alpha value is -2.24. The summed E-state index contributed by atoms with van der Waals surface area (Å²) >= 11 is 0. The van der Waals surface area contributed by atoms with Crippen molar-refractivity contribution in [2.75, 3.05) is 13.1 Å². The monoisotopic (exact) mass is 326 g/mol. The van der Waals surface area contributed by atoms with Gasteiger partial charge in [-0.15, -0.1) is 0 Å². The number of hydrogen-bond acceptors (Lipinski definition) is 5. The van der Waals surface area contributed by atoms with Gasteiger partial charge in [-0.2, -0.15) is 0 Å². The molecule has 0 unspecified atom stereocenters. The summed E-state index contributed by atoms with van der Waals surface area (Å²) in [7, 11) is 0. The van der Waals surface area contributed by atoms with E-state index in [2.05, 4.69) is 24.0 Å². The molecule has 0 radical (unpaired) electrons. The van der Waals surface area contributed by atoms with Gasteiger partial charge >= 0.3 is 0 Å². The van der Waals surface area contributed by atoms with Gasteiger partial charge in [-0.3, -0.25) is 4.79 Å². The molecular formula is C18H22N4O2. The molecule has 2 aliphatic rings. The molecule has 0 N–H and O–H groups in total. The predicted molar refractivity (Wildman–Crippen MR) is 87.9 cm³/mol. The minimum atomic E-state index is 0.0296. The van der Waals surface area contributed by atoms with E-state index < -0.39 is 0 Å². The van der Waals surface area contributed by atoms with Crippen molar-refractivity contribution in [3.05, 3.63) is 40.3 Å². The van der Waals surface area contributed by atoms with E-state index in [9.17, 15) is 4.79 Å². The summed E-state index contributed by atoms with van der Waals surface area (Å²) in [6, 6.07) is 0. The Morgan fingerprint density at radius 2 is 2.12 bits per heavy atom. The van der Waals surface area contributed by atoms with Crippen molar-refractivity contribution in [2.24, 2.45) is 5.92 Å². The molecule has 2 aromatic heterocycles. The van der Waals surface area contributed by atoms with Crippen LogP contribution in [0, 0.1) is 19.8 Å². The second-order valence-corrected chi connectivity index (χ2v) is 7.26. The number of amides is 1. The lowest BCUT2D eigenvalue weighted by atomic mass is 9.97. The Morgan fingerprint density at radius 3 is 2.79 bits per heavy atom. The van der Waals surface area contributed by atoms with Crippen LogP contribution in [-0.2, 0) is 6.42 Å². The first-order chi connectivity index (χ1) is 11.5. The van der Waals surface area contributed by atoms with Gasteiger partial charge in [0.05, 0.1) is 5.69 Å². The fourth-order valence-corrected chi connectivity index (χ4v) is 3.98. The molecule has 2 atom stereocenters. The van der Waals surface area contributed by atoms with Crippen molar-refractivity contribution in [1.82, 2.24) is 20.0 Å². The van der Waals surface area contributed by atoms with Crippen LogP contribution in [-0.4, -0.2) is 39.0 Å². The van der Waals surface area contributed by atoms with E-state index >= 15 is 0 Å². The lowest BCUT2D eigenvalue weighted by molar-refractivity contribution is 0.0782. The van der Waals surface area contributed by atoms with Gasteiger partial charge in [0.2, 0.25) is 0 Å². The van der Waals surface area contributed by atoms with Crippen LogP contribution in [0.1, 0.15) is 64.6 Å². The normalized spacial score (nSPS) is 22.1. The molecule has 1 aliphatic carbocycles. The van der Waals surface area contributed by atoms with E-state index in [4.69, 9.17) is 9.51 Å². The second-order valence-electron chi connectivity index (χ2n) is 7.26. The van der Waals surface area contributed by atoms with Crippen LogP contribution >= 0.6 is 0 Å². The summed E-state index contributed by atoms with van der Waals surface area (Å²) in [5.74, 6) is 2.68. The zero-order valence-electron chi connectivity index (χ0n) is 14.5. The summed E-state index contributed by atoms with van der Waals surface area (Å²) in [6.07, 6.45) is 2.92. The standard InChI is InChI=1S/C18H22N4O2/c1-9(2)17-19-6-13-14-8-22(7-12(14)5-15(13)20-17)18(23)16-10(3)21-24-11(16)4/h6,9,12,14H,5,7-8H2,1-4H3/t12-,14-/m0/s1. The highest BCUT2D eigenvalue weighted by Crippen LogP contribution is 2.42. The number of carbonyl (C=O) groups excluding carboxylic acids is 1. The van der Waals surface area contributed by atoms with Crippen LogP contribution in [0.25, 0.3) is 0 Å². The van der Waals surface area contributed by atoms with Gasteiger partial charge in [0.15, 0.2) is 0 Å². The third-order valence-corrected chi connectivity index (χ3v) is 5.27. The molecule has 2 aromatic rings. The predicted octanol–water partition coefficient (Wildman–Crippen LogP) is 2.62. The molecule has 1 aliphatic heterocycles. The molecule has 3 heterocycles. The van der Waals surface area contributed by atoms with Crippen LogP contribution in [0.4, 0.5) is 0 Å². The van der Waals surface area contributed by atoms with Crippen LogP contribution in [0.5, 0.6) is 0 Å². The third kappa shape index (κ3) is 2.24. The Balaban J connectivity index is 1.57. The van der Waals surface area contributed by atoms with Gasteiger partial charge in [-0.05, 0) is 31.7 Å². The summed E-state index contributed by atoms with van der Waals surface area (Å²) in [5.41, 5.74) is 3.67. The minimum absolute atomic E-state index is 0.0296. The number of hydrogen-bond donors (Lipinski definition) is 0. The molecule has 24 heavy (non-hydrogen) atoms. The number of rotatable bonds is 2. The largest absolute Gasteiger partial charge is 0.361 e. The van der Waals surface area contributed by atoms with Gasteiger partial charge < -0.3 is 9.42 Å². The molecule has 6 nitrogen and oxygen atoms in total. The van der Waals surface area contributed by atoms with Crippen molar-refractivity contribution >= 4 is 5.91 Å². The molecule has 6 heteroatoms. The molecule has 0 aromatic carbocycles. The number of nitrogens with zero attached hydrogens (tertiary/aromatic N) is 4. The van der Waals surface area contributed by atoms with Gasteiger partial charge in [0.1, 0.15) is 17.1 Å². The molecule has 126 valence electrons. The van der Waals surface area contributed by atoms with Crippen molar-refractivity contribution in [1.29, 1.82) is 0 Å². The molecular weight excluding hydrogens is 304 g/mol. The number of carbonyl (C=O) groups is 1. The molecule has 1 saturated heterocycles. The number of likely N-dealkylation sites (tertiary alicyclic amines) is 1. The Kier molecular flexibility index (Phi) is 3.44. The summed E-state index contributed by atoms with van der Waals surface area (Å²) in [4.78, 5) is 24.0. The lowest BCUT2D eigenvalue weighted by Crippen LogP contribution is -2.30. The van der Waals surface area contributed by atoms with Crippen LogP contribution in [0.3, 0.4) is 0 Å². The molecule has 0 bridgehead atoms. The highest BCUT2D eigenvalue weighted by molar-refractivity contribution is 5.96. The molecule has 4 rings (SSSR count). The fraction of sp³-hybridized carbons (Fsp3) is 0.556. The smallest absolute Gasteiger partial charge is 0.259 e. The highest BCUT2D eigenvalue weighted by atomic mass is 16.5. The van der Waals surface area contributed by atoms with E-state index in [0.717, 1.165) is 25.3 Å². The molecule has 1 fully saturated rings. The van der Waals surface area contributed by atoms with Gasteiger partial charge in [-0.25, -0.2) is 9.97 Å². The van der Waals surface area contributed by atoms with Crippen LogP contribution in [0.2, 0.25) is 0 Å². The van der Waals surface area contributed by atoms with Gasteiger partial charge in [0.25, 0.3) is 5.91 Å². The maximum atomic E-state index is 12.8. The molecule has 0 spiro atoms. The summed E-state index contributed by atoms with van der Waals surface area (Å²) < 4.78 is 5.14.